The fraction of sp³-hybridized carbons (Fsp3) is 0.0556. The van der Waals surface area contributed by atoms with Crippen LogP contribution in [0.1, 0.15) is 15.9 Å². The van der Waals surface area contributed by atoms with Gasteiger partial charge in [0, 0.05) is 24.5 Å². The van der Waals surface area contributed by atoms with Crippen molar-refractivity contribution in [2.24, 2.45) is 0 Å². The molecule has 104 valence electrons. The summed E-state index contributed by atoms with van der Waals surface area (Å²) in [5, 5.41) is 9.39. The fourth-order valence-corrected chi connectivity index (χ4v) is 2.41. The average Bonchev–Trinajstić information content (AvgIpc) is 2.93. The molecule has 0 saturated carbocycles. The van der Waals surface area contributed by atoms with Crippen LogP contribution < -0.4 is 0 Å². The first-order valence-electron chi connectivity index (χ1n) is 6.76. The third-order valence-electron chi connectivity index (χ3n) is 3.40. The number of rotatable bonds is 4. The second-order valence-electron chi connectivity index (χ2n) is 4.91. The van der Waals surface area contributed by atoms with E-state index >= 15 is 0 Å². The van der Waals surface area contributed by atoms with Crippen molar-refractivity contribution in [3.05, 3.63) is 84.2 Å². The van der Waals surface area contributed by atoms with Gasteiger partial charge in [-0.05, 0) is 11.1 Å². The molecule has 0 spiro atoms. The maximum absolute atomic E-state index is 11.4. The van der Waals surface area contributed by atoms with Gasteiger partial charge in [0.15, 0.2) is 0 Å². The van der Waals surface area contributed by atoms with E-state index in [-0.39, 0.29) is 0 Å². The van der Waals surface area contributed by atoms with Gasteiger partial charge in [0.1, 0.15) is 0 Å². The second-order valence-corrected chi connectivity index (χ2v) is 4.91. The molecule has 0 saturated heterocycles. The van der Waals surface area contributed by atoms with Crippen LogP contribution in [0.4, 0.5) is 0 Å². The Morgan fingerprint density at radius 2 is 1.52 bits per heavy atom. The summed E-state index contributed by atoms with van der Waals surface area (Å²) in [5.41, 5.74) is 3.14. The Bertz CT molecular complexity index is 745. The number of hydrogen-bond donors (Lipinski definition) is 1. The quantitative estimate of drug-likeness (QED) is 0.785. The summed E-state index contributed by atoms with van der Waals surface area (Å²) in [4.78, 5) is 11.4. The van der Waals surface area contributed by atoms with E-state index in [1.54, 1.807) is 6.20 Å². The zero-order chi connectivity index (χ0) is 14.7. The third kappa shape index (κ3) is 2.87. The van der Waals surface area contributed by atoms with E-state index in [2.05, 4.69) is 0 Å². The van der Waals surface area contributed by atoms with Crippen molar-refractivity contribution in [1.82, 2.24) is 4.57 Å². The molecule has 3 aromatic rings. The molecule has 0 amide bonds. The maximum atomic E-state index is 11.4. The molecule has 21 heavy (non-hydrogen) atoms. The highest BCUT2D eigenvalue weighted by molar-refractivity contribution is 5.96. The van der Waals surface area contributed by atoms with Gasteiger partial charge in [-0.1, -0.05) is 60.7 Å². The van der Waals surface area contributed by atoms with E-state index in [0.29, 0.717) is 12.1 Å². The maximum Gasteiger partial charge on any atom is 0.337 e. The first-order valence-corrected chi connectivity index (χ1v) is 6.76. The molecule has 3 rings (SSSR count). The van der Waals surface area contributed by atoms with Gasteiger partial charge in [-0.15, -0.1) is 0 Å². The van der Waals surface area contributed by atoms with Gasteiger partial charge in [0.25, 0.3) is 0 Å². The summed E-state index contributed by atoms with van der Waals surface area (Å²) in [6, 6.07) is 19.6. The molecule has 0 fully saturated rings. The Kier molecular flexibility index (Phi) is 3.56. The summed E-state index contributed by atoms with van der Waals surface area (Å²) in [7, 11) is 0. The highest BCUT2D eigenvalue weighted by Gasteiger charge is 2.14. The van der Waals surface area contributed by atoms with Crippen LogP contribution in [0, 0.1) is 0 Å². The average molecular weight is 277 g/mol. The molecular weight excluding hydrogens is 262 g/mol. The number of carboxylic acid groups (broad SMARTS) is 1. The number of aromatic nitrogens is 1. The highest BCUT2D eigenvalue weighted by atomic mass is 16.4. The predicted molar refractivity (Wildman–Crippen MR) is 82.4 cm³/mol. The SMILES string of the molecule is O=C(O)c1cn(Cc2ccccc2)cc1-c1ccccc1. The van der Waals surface area contributed by atoms with Crippen LogP contribution in [0.15, 0.2) is 73.1 Å². The smallest absolute Gasteiger partial charge is 0.337 e. The van der Waals surface area contributed by atoms with Crippen LogP contribution in [0.2, 0.25) is 0 Å². The lowest BCUT2D eigenvalue weighted by Gasteiger charge is -2.02. The van der Waals surface area contributed by atoms with Crippen LogP contribution in [0.25, 0.3) is 11.1 Å². The molecule has 0 aliphatic rings. The Balaban J connectivity index is 1.99. The Morgan fingerprint density at radius 1 is 0.905 bits per heavy atom. The van der Waals surface area contributed by atoms with Crippen molar-refractivity contribution < 1.29 is 9.90 Å². The van der Waals surface area contributed by atoms with Crippen molar-refractivity contribution in [3.8, 4) is 11.1 Å². The molecule has 0 radical (unpaired) electrons. The van der Waals surface area contributed by atoms with Crippen molar-refractivity contribution >= 4 is 5.97 Å². The summed E-state index contributed by atoms with van der Waals surface area (Å²) in [5.74, 6) is -0.902. The molecule has 1 aromatic heterocycles. The Labute approximate surface area is 123 Å². The monoisotopic (exact) mass is 277 g/mol. The fourth-order valence-electron chi connectivity index (χ4n) is 2.41. The summed E-state index contributed by atoms with van der Waals surface area (Å²) >= 11 is 0. The minimum absolute atomic E-state index is 0.331. The number of hydrogen-bond acceptors (Lipinski definition) is 1. The van der Waals surface area contributed by atoms with E-state index in [9.17, 15) is 9.90 Å². The largest absolute Gasteiger partial charge is 0.478 e. The number of nitrogens with zero attached hydrogens (tertiary/aromatic N) is 1. The molecular formula is C18H15NO2. The van der Waals surface area contributed by atoms with Gasteiger partial charge in [-0.25, -0.2) is 4.79 Å². The van der Waals surface area contributed by atoms with Crippen LogP contribution in [-0.2, 0) is 6.54 Å². The van der Waals surface area contributed by atoms with Crippen LogP contribution >= 0.6 is 0 Å². The minimum atomic E-state index is -0.902. The number of carboxylic acids is 1. The standard InChI is InChI=1S/C18H15NO2/c20-18(21)17-13-19(11-14-7-3-1-4-8-14)12-16(17)15-9-5-2-6-10-15/h1-10,12-13H,11H2,(H,20,21). The lowest BCUT2D eigenvalue weighted by molar-refractivity contribution is 0.0697. The lowest BCUT2D eigenvalue weighted by atomic mass is 10.1. The van der Waals surface area contributed by atoms with Crippen LogP contribution in [0.5, 0.6) is 0 Å². The molecule has 1 heterocycles. The Morgan fingerprint density at radius 3 is 2.14 bits per heavy atom. The first kappa shape index (κ1) is 13.2. The van der Waals surface area contributed by atoms with Crippen molar-refractivity contribution in [1.29, 1.82) is 0 Å². The van der Waals surface area contributed by atoms with Gasteiger partial charge >= 0.3 is 5.97 Å². The zero-order valence-electron chi connectivity index (χ0n) is 11.4. The topological polar surface area (TPSA) is 42.2 Å². The van der Waals surface area contributed by atoms with Crippen LogP contribution in [0.3, 0.4) is 0 Å². The highest BCUT2D eigenvalue weighted by Crippen LogP contribution is 2.25. The zero-order valence-corrected chi connectivity index (χ0v) is 11.4. The normalized spacial score (nSPS) is 10.5. The van der Waals surface area contributed by atoms with Gasteiger partial charge in [-0.2, -0.15) is 0 Å². The van der Waals surface area contributed by atoms with Gasteiger partial charge in [-0.3, -0.25) is 0 Å². The van der Waals surface area contributed by atoms with Crippen molar-refractivity contribution in [2.75, 3.05) is 0 Å². The molecule has 3 heteroatoms. The summed E-state index contributed by atoms with van der Waals surface area (Å²) in [6.45, 7) is 0.661. The molecule has 0 atom stereocenters. The van der Waals surface area contributed by atoms with Gasteiger partial charge < -0.3 is 9.67 Å². The van der Waals surface area contributed by atoms with E-state index in [0.717, 1.165) is 16.7 Å². The molecule has 3 nitrogen and oxygen atoms in total. The van der Waals surface area contributed by atoms with E-state index < -0.39 is 5.97 Å². The predicted octanol–water partition coefficient (Wildman–Crippen LogP) is 3.90. The second kappa shape index (κ2) is 5.67. The molecule has 0 aliphatic carbocycles. The molecule has 2 aromatic carbocycles. The molecule has 0 unspecified atom stereocenters. The first-order chi connectivity index (χ1) is 10.2. The Hall–Kier alpha value is -2.81. The third-order valence-corrected chi connectivity index (χ3v) is 3.40. The van der Waals surface area contributed by atoms with E-state index in [1.165, 1.54) is 0 Å². The number of aromatic carboxylic acids is 1. The van der Waals surface area contributed by atoms with Crippen LogP contribution in [-0.4, -0.2) is 15.6 Å². The lowest BCUT2D eigenvalue weighted by Crippen LogP contribution is -1.98. The summed E-state index contributed by atoms with van der Waals surface area (Å²) < 4.78 is 1.92. The molecule has 0 aliphatic heterocycles. The molecule has 1 N–H and O–H groups in total. The summed E-state index contributed by atoms with van der Waals surface area (Å²) in [6.07, 6.45) is 3.59. The number of carbonyl (C=O) groups is 1. The van der Waals surface area contributed by atoms with E-state index in [1.807, 2.05) is 71.4 Å². The minimum Gasteiger partial charge on any atom is -0.478 e. The van der Waals surface area contributed by atoms with Crippen molar-refractivity contribution in [2.45, 2.75) is 6.54 Å². The van der Waals surface area contributed by atoms with Crippen molar-refractivity contribution in [3.63, 3.8) is 0 Å². The number of benzene rings is 2. The van der Waals surface area contributed by atoms with E-state index in [4.69, 9.17) is 0 Å². The molecule has 0 bridgehead atoms. The van der Waals surface area contributed by atoms with Gasteiger partial charge in [0.2, 0.25) is 0 Å². The van der Waals surface area contributed by atoms with Gasteiger partial charge in [0.05, 0.1) is 5.56 Å².